The molecule has 0 radical (unpaired) electrons. The molecule has 3 aromatic heterocycles. The van der Waals surface area contributed by atoms with Crippen LogP contribution in [0.25, 0.3) is 22.5 Å². The molecule has 33 heavy (non-hydrogen) atoms. The first-order valence-corrected chi connectivity index (χ1v) is 10.0. The van der Waals surface area contributed by atoms with Gasteiger partial charge in [-0.2, -0.15) is 13.2 Å². The van der Waals surface area contributed by atoms with Crippen molar-refractivity contribution in [2.75, 3.05) is 25.0 Å². The number of amides is 2. The number of urea groups is 1. The molecule has 1 aliphatic rings. The molecule has 1 saturated heterocycles. The fourth-order valence-corrected chi connectivity index (χ4v) is 3.16. The van der Waals surface area contributed by atoms with E-state index in [-0.39, 0.29) is 11.7 Å². The number of hydrogen-bond donors (Lipinski definition) is 4. The van der Waals surface area contributed by atoms with E-state index in [9.17, 15) is 18.0 Å². The minimum absolute atomic E-state index is 0.244. The molecule has 0 spiro atoms. The van der Waals surface area contributed by atoms with E-state index >= 15 is 0 Å². The Morgan fingerprint density at radius 3 is 2.82 bits per heavy atom. The zero-order valence-corrected chi connectivity index (χ0v) is 17.3. The topological polar surface area (TPSA) is 122 Å². The lowest BCUT2D eigenvalue weighted by atomic mass is 10.1. The quantitative estimate of drug-likeness (QED) is 0.423. The molecule has 4 rings (SSSR count). The number of carbonyl (C=O) groups is 1. The first-order valence-electron chi connectivity index (χ1n) is 10.0. The van der Waals surface area contributed by atoms with E-state index in [1.807, 2.05) is 22.7 Å². The number of anilines is 1. The summed E-state index contributed by atoms with van der Waals surface area (Å²) in [5, 5.41) is 7.26. The third kappa shape index (κ3) is 5.47. The van der Waals surface area contributed by atoms with Crippen molar-refractivity contribution in [1.82, 2.24) is 25.0 Å². The maximum absolute atomic E-state index is 12.3. The number of rotatable bonds is 6. The fraction of sp³-hybridized carbons (Fsp3) is 0.238. The zero-order valence-electron chi connectivity index (χ0n) is 17.3. The summed E-state index contributed by atoms with van der Waals surface area (Å²) in [6.07, 6.45) is 5.13. The van der Waals surface area contributed by atoms with Crippen LogP contribution in [0.1, 0.15) is 5.56 Å². The van der Waals surface area contributed by atoms with E-state index in [1.54, 1.807) is 30.0 Å². The second-order valence-electron chi connectivity index (χ2n) is 7.38. The number of pyridine rings is 2. The second-order valence-corrected chi connectivity index (χ2v) is 7.38. The summed E-state index contributed by atoms with van der Waals surface area (Å²) in [7, 11) is 0. The van der Waals surface area contributed by atoms with Gasteiger partial charge in [-0.15, -0.1) is 0 Å². The van der Waals surface area contributed by atoms with Gasteiger partial charge in [0.05, 0.1) is 29.8 Å². The number of imidazole rings is 1. The molecule has 1 fully saturated rings. The van der Waals surface area contributed by atoms with Gasteiger partial charge < -0.3 is 21.7 Å². The number of nitrogens with one attached hydrogen (secondary N) is 3. The summed E-state index contributed by atoms with van der Waals surface area (Å²) in [5.41, 5.74) is 9.62. The van der Waals surface area contributed by atoms with Crippen LogP contribution >= 0.6 is 0 Å². The van der Waals surface area contributed by atoms with Crippen molar-refractivity contribution in [3.63, 3.8) is 0 Å². The van der Waals surface area contributed by atoms with Crippen LogP contribution in [0.15, 0.2) is 54.2 Å². The Hall–Kier alpha value is -3.93. The monoisotopic (exact) mass is 458 g/mol. The molecule has 0 atom stereocenters. The largest absolute Gasteiger partial charge is 0.405 e. The average molecular weight is 458 g/mol. The molecular weight excluding hydrogens is 437 g/mol. The molecule has 0 bridgehead atoms. The number of carbonyl (C=O) groups excluding carboxylic acids is 1. The molecule has 0 unspecified atom stereocenters. The van der Waals surface area contributed by atoms with Gasteiger partial charge >= 0.3 is 12.2 Å². The molecule has 4 heterocycles. The molecule has 12 heteroatoms. The lowest BCUT2D eigenvalue weighted by molar-refractivity contribution is -0.122. The Bertz CT molecular complexity index is 1210. The summed E-state index contributed by atoms with van der Waals surface area (Å²) in [5.74, 6) is 0. The van der Waals surface area contributed by atoms with Gasteiger partial charge in [-0.3, -0.25) is 14.4 Å². The van der Waals surface area contributed by atoms with E-state index < -0.39 is 18.8 Å². The Morgan fingerprint density at radius 2 is 2.12 bits per heavy atom. The highest BCUT2D eigenvalue weighted by Gasteiger charge is 2.27. The number of hydrogen-bond acceptors (Lipinski definition) is 6. The zero-order chi connectivity index (χ0) is 23.4. The first-order chi connectivity index (χ1) is 15.8. The van der Waals surface area contributed by atoms with Crippen LogP contribution in [0.2, 0.25) is 0 Å². The Kier molecular flexibility index (Phi) is 6.27. The Labute approximate surface area is 186 Å². The maximum Gasteiger partial charge on any atom is 0.405 e. The molecule has 3 aromatic rings. The molecule has 5 N–H and O–H groups in total. The molecule has 9 nitrogen and oxygen atoms in total. The third-order valence-electron chi connectivity index (χ3n) is 4.95. The van der Waals surface area contributed by atoms with Crippen LogP contribution in [0, 0.1) is 0 Å². The summed E-state index contributed by atoms with van der Waals surface area (Å²) in [6.45, 7) is 0.273. The maximum atomic E-state index is 12.3. The van der Waals surface area contributed by atoms with Crippen LogP contribution in [0.4, 0.5) is 23.7 Å². The summed E-state index contributed by atoms with van der Waals surface area (Å²) in [6, 6.07) is 4.62. The van der Waals surface area contributed by atoms with Gasteiger partial charge in [0.1, 0.15) is 12.2 Å². The van der Waals surface area contributed by atoms with Crippen molar-refractivity contribution in [3.8, 4) is 11.3 Å². The van der Waals surface area contributed by atoms with Crippen molar-refractivity contribution in [2.45, 2.75) is 12.2 Å². The lowest BCUT2D eigenvalue weighted by Crippen LogP contribution is -2.45. The highest BCUT2D eigenvalue weighted by Crippen LogP contribution is 2.24. The second kappa shape index (κ2) is 9.28. The molecule has 172 valence electrons. The Balaban J connectivity index is 1.52. The molecule has 0 aliphatic carbocycles. The minimum Gasteiger partial charge on any atom is -0.404 e. The van der Waals surface area contributed by atoms with E-state index in [2.05, 4.69) is 25.6 Å². The van der Waals surface area contributed by atoms with Gasteiger partial charge in [0.15, 0.2) is 0 Å². The molecular formula is C21H21F3N8O. The van der Waals surface area contributed by atoms with Gasteiger partial charge in [0.25, 0.3) is 0 Å². The number of nitrogens with two attached hydrogens (primary N) is 1. The summed E-state index contributed by atoms with van der Waals surface area (Å²) < 4.78 is 38.6. The molecule has 0 saturated carbocycles. The van der Waals surface area contributed by atoms with Crippen molar-refractivity contribution >= 4 is 29.2 Å². The van der Waals surface area contributed by atoms with Crippen LogP contribution in [-0.2, 0) is 0 Å². The number of nitrogens with zero attached hydrogens (tertiary/aromatic N) is 4. The van der Waals surface area contributed by atoms with Crippen LogP contribution in [0.3, 0.4) is 0 Å². The van der Waals surface area contributed by atoms with E-state index in [0.717, 1.165) is 24.2 Å². The highest BCUT2D eigenvalue weighted by atomic mass is 19.4. The number of aliphatic imine (C=N–C) groups is 1. The summed E-state index contributed by atoms with van der Waals surface area (Å²) in [4.78, 5) is 24.7. The third-order valence-corrected chi connectivity index (χ3v) is 4.95. The number of alkyl halides is 3. The van der Waals surface area contributed by atoms with Crippen molar-refractivity contribution in [1.29, 1.82) is 0 Å². The number of aromatic nitrogens is 3. The van der Waals surface area contributed by atoms with Gasteiger partial charge in [-0.1, -0.05) is 0 Å². The van der Waals surface area contributed by atoms with E-state index in [1.165, 1.54) is 12.4 Å². The van der Waals surface area contributed by atoms with Crippen molar-refractivity contribution < 1.29 is 18.0 Å². The first kappa shape index (κ1) is 22.3. The standard InChI is InChI=1S/C21H21F3N8O/c22-21(23,24)12-30-20(33)31-16-3-14(6-26-8-16)18-11-29-19-4-13(1-2-32(18)19)15(5-25)7-28-17-9-27-10-17/h1-8,11,17,27H,9-10,12,25H2,(H2,30,31,33). The molecule has 0 aromatic carbocycles. The number of halogens is 3. The van der Waals surface area contributed by atoms with Gasteiger partial charge in [0, 0.05) is 49.0 Å². The lowest BCUT2D eigenvalue weighted by Gasteiger charge is -2.22. The summed E-state index contributed by atoms with van der Waals surface area (Å²) >= 11 is 0. The molecule has 1 aliphatic heterocycles. The SMILES string of the molecule is NC=C(C=NC1CNC1)c1ccn2c(-c3cncc(NC(=O)NCC(F)(F)F)c3)cnc2c1. The van der Waals surface area contributed by atoms with Crippen molar-refractivity contribution in [3.05, 3.63) is 54.7 Å². The van der Waals surface area contributed by atoms with E-state index in [4.69, 9.17) is 5.73 Å². The fourth-order valence-electron chi connectivity index (χ4n) is 3.16. The number of fused-ring (bicyclic) bond motifs is 1. The van der Waals surface area contributed by atoms with Crippen LogP contribution < -0.4 is 21.7 Å². The minimum atomic E-state index is -4.49. The van der Waals surface area contributed by atoms with Gasteiger partial charge in [0.2, 0.25) is 0 Å². The predicted octanol–water partition coefficient (Wildman–Crippen LogP) is 2.42. The normalized spacial score (nSPS) is 15.1. The highest BCUT2D eigenvalue weighted by molar-refractivity contribution is 6.10. The average Bonchev–Trinajstić information content (AvgIpc) is 3.17. The smallest absolute Gasteiger partial charge is 0.404 e. The number of allylic oxidation sites excluding steroid dienone is 1. The van der Waals surface area contributed by atoms with Gasteiger partial charge in [-0.05, 0) is 23.8 Å². The Morgan fingerprint density at radius 1 is 1.30 bits per heavy atom. The van der Waals surface area contributed by atoms with Gasteiger partial charge in [-0.25, -0.2) is 9.78 Å². The predicted molar refractivity (Wildman–Crippen MR) is 119 cm³/mol. The molecule has 2 amide bonds. The van der Waals surface area contributed by atoms with Crippen molar-refractivity contribution in [2.24, 2.45) is 10.7 Å². The van der Waals surface area contributed by atoms with E-state index in [0.29, 0.717) is 16.9 Å². The van der Waals surface area contributed by atoms with Crippen LogP contribution in [-0.4, -0.2) is 58.5 Å². The van der Waals surface area contributed by atoms with Crippen LogP contribution in [0.5, 0.6) is 0 Å².